The Labute approximate surface area is 185 Å². The first-order valence-electron chi connectivity index (χ1n) is 10.2. The largest absolute Gasteiger partial charge is 0.371 e. The fraction of sp³-hybridized carbons (Fsp3) is 0.400. The molecule has 2 rings (SSSR count). The molecule has 0 saturated carbocycles. The molecule has 2 aromatic rings. The van der Waals surface area contributed by atoms with Gasteiger partial charge >= 0.3 is 0 Å². The van der Waals surface area contributed by atoms with Crippen LogP contribution < -0.4 is 0 Å². The van der Waals surface area contributed by atoms with E-state index in [1.54, 1.807) is 18.4 Å². The van der Waals surface area contributed by atoms with Gasteiger partial charge in [-0.2, -0.15) is 11.3 Å². The Kier molecular flexibility index (Phi) is 10.5. The molecule has 0 aliphatic carbocycles. The second kappa shape index (κ2) is 13.1. The summed E-state index contributed by atoms with van der Waals surface area (Å²) >= 11 is 1.70. The maximum absolute atomic E-state index is 5.74. The van der Waals surface area contributed by atoms with E-state index in [1.165, 1.54) is 5.56 Å². The monoisotopic (exact) mass is 424 g/mol. The highest BCUT2D eigenvalue weighted by molar-refractivity contribution is 7.08. The van der Waals surface area contributed by atoms with Crippen LogP contribution in [-0.2, 0) is 22.6 Å². The molecule has 0 unspecified atom stereocenters. The van der Waals surface area contributed by atoms with E-state index in [9.17, 15) is 0 Å². The second-order valence-corrected chi connectivity index (χ2v) is 8.09. The zero-order valence-corrected chi connectivity index (χ0v) is 19.2. The maximum atomic E-state index is 5.74. The van der Waals surface area contributed by atoms with Crippen LogP contribution in [0.2, 0.25) is 0 Å². The number of methoxy groups -OCH3 is 1. The molecule has 30 heavy (non-hydrogen) atoms. The molecule has 0 aliphatic heterocycles. The zero-order valence-electron chi connectivity index (χ0n) is 18.4. The third kappa shape index (κ3) is 9.51. The summed E-state index contributed by atoms with van der Waals surface area (Å²) in [5.74, 6) is 6.14. The van der Waals surface area contributed by atoms with Gasteiger partial charge in [-0.1, -0.05) is 43.1 Å². The van der Waals surface area contributed by atoms with E-state index in [-0.39, 0.29) is 0 Å². The predicted molar refractivity (Wildman–Crippen MR) is 126 cm³/mol. The standard InChI is InChI=1S/C25H32N2O2S/c1-5-27(16-8-6-7-15-25(2,3)28-4)19-23-12-9-13-24(26-23)20-29-17-10-11-22-14-18-30-21-22/h6,8-14,18,21H,5,16-17,19-20H2,1-4H3. The van der Waals surface area contributed by atoms with Gasteiger partial charge in [0.05, 0.1) is 24.6 Å². The molecule has 0 amide bonds. The minimum Gasteiger partial charge on any atom is -0.371 e. The van der Waals surface area contributed by atoms with Crippen molar-refractivity contribution in [2.75, 3.05) is 26.8 Å². The number of pyridine rings is 1. The summed E-state index contributed by atoms with van der Waals surface area (Å²) < 4.78 is 11.0. The normalized spacial score (nSPS) is 12.0. The van der Waals surface area contributed by atoms with Crippen molar-refractivity contribution in [2.45, 2.75) is 39.5 Å². The first kappa shape index (κ1) is 24.0. The van der Waals surface area contributed by atoms with Crippen LogP contribution in [0.3, 0.4) is 0 Å². The molecule has 2 aromatic heterocycles. The number of hydrogen-bond donors (Lipinski definition) is 0. The second-order valence-electron chi connectivity index (χ2n) is 7.31. The van der Waals surface area contributed by atoms with E-state index in [0.29, 0.717) is 13.2 Å². The molecule has 5 heteroatoms. The first-order chi connectivity index (χ1) is 14.5. The van der Waals surface area contributed by atoms with Gasteiger partial charge in [0.2, 0.25) is 0 Å². The van der Waals surface area contributed by atoms with E-state index < -0.39 is 5.60 Å². The summed E-state index contributed by atoms with van der Waals surface area (Å²) in [5.41, 5.74) is 2.80. The Morgan fingerprint density at radius 1 is 1.20 bits per heavy atom. The lowest BCUT2D eigenvalue weighted by molar-refractivity contribution is 0.0742. The SMILES string of the molecule is CCN(CC=CC#CC(C)(C)OC)Cc1cccc(COCC=Cc2ccsc2)n1. The number of rotatable bonds is 11. The minimum atomic E-state index is -0.416. The molecule has 0 aliphatic rings. The number of hydrogen-bond acceptors (Lipinski definition) is 5. The average Bonchev–Trinajstić information content (AvgIpc) is 3.26. The molecular weight excluding hydrogens is 392 g/mol. The summed E-state index contributed by atoms with van der Waals surface area (Å²) in [6.45, 7) is 9.71. The highest BCUT2D eigenvalue weighted by Gasteiger charge is 2.10. The van der Waals surface area contributed by atoms with Crippen LogP contribution in [0.15, 0.2) is 53.3 Å². The fourth-order valence-corrected chi connectivity index (χ4v) is 3.17. The van der Waals surface area contributed by atoms with Gasteiger partial charge in [-0.3, -0.25) is 9.88 Å². The molecule has 2 heterocycles. The van der Waals surface area contributed by atoms with Crippen molar-refractivity contribution >= 4 is 17.4 Å². The Morgan fingerprint density at radius 2 is 2.03 bits per heavy atom. The van der Waals surface area contributed by atoms with Crippen molar-refractivity contribution in [3.63, 3.8) is 0 Å². The fourth-order valence-electron chi connectivity index (χ4n) is 2.55. The van der Waals surface area contributed by atoms with Gasteiger partial charge in [-0.25, -0.2) is 0 Å². The highest BCUT2D eigenvalue weighted by atomic mass is 32.1. The first-order valence-corrected chi connectivity index (χ1v) is 11.1. The molecule has 0 atom stereocenters. The predicted octanol–water partition coefficient (Wildman–Crippen LogP) is 5.18. The Hall–Kier alpha value is -2.23. The molecular formula is C25H32N2O2S. The van der Waals surface area contributed by atoms with Crippen molar-refractivity contribution in [1.29, 1.82) is 0 Å². The quantitative estimate of drug-likeness (QED) is 0.368. The molecule has 0 fully saturated rings. The van der Waals surface area contributed by atoms with E-state index >= 15 is 0 Å². The molecule has 0 spiro atoms. The van der Waals surface area contributed by atoms with Crippen LogP contribution in [0.5, 0.6) is 0 Å². The van der Waals surface area contributed by atoms with E-state index in [2.05, 4.69) is 58.7 Å². The summed E-state index contributed by atoms with van der Waals surface area (Å²) in [6.07, 6.45) is 8.08. The van der Waals surface area contributed by atoms with Gasteiger partial charge in [0.15, 0.2) is 0 Å². The third-order valence-electron chi connectivity index (χ3n) is 4.46. The molecule has 0 saturated heterocycles. The van der Waals surface area contributed by atoms with Crippen LogP contribution in [0.1, 0.15) is 37.7 Å². The molecule has 0 N–H and O–H groups in total. The molecule has 0 aromatic carbocycles. The lowest BCUT2D eigenvalue weighted by atomic mass is 10.1. The maximum Gasteiger partial charge on any atom is 0.123 e. The summed E-state index contributed by atoms with van der Waals surface area (Å²) in [6, 6.07) is 8.21. The minimum absolute atomic E-state index is 0.416. The van der Waals surface area contributed by atoms with Crippen LogP contribution >= 0.6 is 11.3 Å². The topological polar surface area (TPSA) is 34.6 Å². The smallest absolute Gasteiger partial charge is 0.123 e. The van der Waals surface area contributed by atoms with Gasteiger partial charge < -0.3 is 9.47 Å². The van der Waals surface area contributed by atoms with Crippen molar-refractivity contribution in [2.24, 2.45) is 0 Å². The van der Waals surface area contributed by atoms with Crippen LogP contribution in [0.4, 0.5) is 0 Å². The summed E-state index contributed by atoms with van der Waals surface area (Å²) in [5, 5.41) is 4.18. The Balaban J connectivity index is 1.79. The van der Waals surface area contributed by atoms with Crippen molar-refractivity contribution < 1.29 is 9.47 Å². The van der Waals surface area contributed by atoms with E-state index in [4.69, 9.17) is 14.5 Å². The van der Waals surface area contributed by atoms with Gasteiger partial charge in [0.1, 0.15) is 5.60 Å². The van der Waals surface area contributed by atoms with Crippen LogP contribution in [0.25, 0.3) is 6.08 Å². The lowest BCUT2D eigenvalue weighted by Crippen LogP contribution is -2.23. The average molecular weight is 425 g/mol. The van der Waals surface area contributed by atoms with Crippen molar-refractivity contribution in [3.8, 4) is 11.8 Å². The number of aromatic nitrogens is 1. The number of ether oxygens (including phenoxy) is 2. The lowest BCUT2D eigenvalue weighted by Gasteiger charge is -2.18. The van der Waals surface area contributed by atoms with E-state index in [0.717, 1.165) is 31.0 Å². The van der Waals surface area contributed by atoms with Gasteiger partial charge in [-0.15, -0.1) is 0 Å². The molecule has 160 valence electrons. The van der Waals surface area contributed by atoms with Gasteiger partial charge in [-0.05, 0) is 61.0 Å². The molecule has 4 nitrogen and oxygen atoms in total. The number of thiophene rings is 1. The van der Waals surface area contributed by atoms with Gasteiger partial charge in [0.25, 0.3) is 0 Å². The van der Waals surface area contributed by atoms with Crippen LogP contribution in [-0.4, -0.2) is 42.3 Å². The Morgan fingerprint density at radius 3 is 2.77 bits per heavy atom. The number of likely N-dealkylation sites (N-methyl/N-ethyl adjacent to an activating group) is 1. The highest BCUT2D eigenvalue weighted by Crippen LogP contribution is 2.08. The number of nitrogens with zero attached hydrogens (tertiary/aromatic N) is 2. The molecule has 0 radical (unpaired) electrons. The summed E-state index contributed by atoms with van der Waals surface area (Å²) in [4.78, 5) is 7.05. The van der Waals surface area contributed by atoms with E-state index in [1.807, 2.05) is 38.1 Å². The van der Waals surface area contributed by atoms with Crippen molar-refractivity contribution in [3.05, 3.63) is 70.2 Å². The number of allylic oxidation sites excluding steroid dienone is 1. The van der Waals surface area contributed by atoms with Crippen molar-refractivity contribution in [1.82, 2.24) is 9.88 Å². The van der Waals surface area contributed by atoms with Gasteiger partial charge in [0, 0.05) is 20.2 Å². The van der Waals surface area contributed by atoms with Crippen LogP contribution in [0, 0.1) is 11.8 Å². The third-order valence-corrected chi connectivity index (χ3v) is 5.16. The zero-order chi connectivity index (χ0) is 21.7. The Bertz CT molecular complexity index is 861. The molecule has 0 bridgehead atoms. The summed E-state index contributed by atoms with van der Waals surface area (Å²) in [7, 11) is 1.67.